The quantitative estimate of drug-likeness (QED) is 0.380. The second kappa shape index (κ2) is 11.1. The predicted octanol–water partition coefficient (Wildman–Crippen LogP) is 2.40. The van der Waals surface area contributed by atoms with Gasteiger partial charge in [-0.15, -0.1) is 0 Å². The van der Waals surface area contributed by atoms with Crippen molar-refractivity contribution in [2.75, 3.05) is 63.0 Å². The van der Waals surface area contributed by atoms with Gasteiger partial charge in [0.2, 0.25) is 5.91 Å². The minimum absolute atomic E-state index is 0.0225. The number of nitrogens with one attached hydrogen (secondary N) is 1. The average molecular weight is 498 g/mol. The van der Waals surface area contributed by atoms with E-state index in [-0.39, 0.29) is 23.5 Å². The van der Waals surface area contributed by atoms with E-state index in [9.17, 15) is 9.59 Å². The summed E-state index contributed by atoms with van der Waals surface area (Å²) in [6.07, 6.45) is 0. The molecule has 11 heteroatoms. The molecule has 1 N–H and O–H groups in total. The number of anilines is 1. The first-order chi connectivity index (χ1) is 15.6. The fraction of sp³-hybridized carbons (Fsp3) is 0.727. The molecule has 0 aliphatic carbocycles. The molecule has 0 radical (unpaired) electrons. The molecule has 184 valence electrons. The molecule has 2 aliphatic heterocycles. The minimum Gasteiger partial charge on any atom is -0.353 e. The van der Waals surface area contributed by atoms with Gasteiger partial charge in [-0.25, -0.2) is 14.8 Å². The number of rotatable bonds is 5. The Labute approximate surface area is 206 Å². The Morgan fingerprint density at radius 2 is 1.85 bits per heavy atom. The van der Waals surface area contributed by atoms with E-state index in [1.807, 2.05) is 37.5 Å². The summed E-state index contributed by atoms with van der Waals surface area (Å²) < 4.78 is 0. The molecule has 0 bridgehead atoms. The number of nitrogens with zero attached hydrogens (tertiary/aromatic N) is 6. The number of carbonyl (C=O) groups excluding carboxylic acids is 2. The van der Waals surface area contributed by atoms with Crippen molar-refractivity contribution in [3.63, 3.8) is 0 Å². The van der Waals surface area contributed by atoms with E-state index in [1.54, 1.807) is 6.07 Å². The van der Waals surface area contributed by atoms with Gasteiger partial charge in [-0.05, 0) is 34.2 Å². The van der Waals surface area contributed by atoms with Gasteiger partial charge in [-0.1, -0.05) is 30.3 Å². The Hall–Kier alpha value is -1.78. The van der Waals surface area contributed by atoms with E-state index in [2.05, 4.69) is 32.0 Å². The van der Waals surface area contributed by atoms with E-state index in [0.29, 0.717) is 35.7 Å². The molecular formula is C22H36ClN7O2S. The van der Waals surface area contributed by atoms with Crippen LogP contribution in [0.15, 0.2) is 11.2 Å². The lowest BCUT2D eigenvalue weighted by Crippen LogP contribution is -2.59. The highest BCUT2D eigenvalue weighted by molar-refractivity contribution is 7.99. The lowest BCUT2D eigenvalue weighted by Gasteiger charge is -2.41. The highest BCUT2D eigenvalue weighted by Gasteiger charge is 2.30. The number of piperazine rings is 2. The summed E-state index contributed by atoms with van der Waals surface area (Å²) in [4.78, 5) is 42.4. The van der Waals surface area contributed by atoms with Crippen LogP contribution in [-0.2, 0) is 4.79 Å². The molecule has 1 aromatic rings. The second-order valence-corrected chi connectivity index (χ2v) is 10.9. The Morgan fingerprint density at radius 1 is 1.15 bits per heavy atom. The maximum absolute atomic E-state index is 12.6. The molecule has 33 heavy (non-hydrogen) atoms. The molecule has 1 atom stereocenters. The Kier molecular flexibility index (Phi) is 8.69. The van der Waals surface area contributed by atoms with E-state index in [1.165, 1.54) is 11.8 Å². The van der Waals surface area contributed by atoms with Gasteiger partial charge in [-0.2, -0.15) is 0 Å². The molecule has 3 amide bonds. The number of amides is 3. The summed E-state index contributed by atoms with van der Waals surface area (Å²) in [5.41, 5.74) is -0.277. The molecular weight excluding hydrogens is 462 g/mol. The number of carbonyl (C=O) groups is 2. The fourth-order valence-corrected chi connectivity index (χ4v) is 4.99. The van der Waals surface area contributed by atoms with Crippen LogP contribution in [0.3, 0.4) is 0 Å². The zero-order valence-electron chi connectivity index (χ0n) is 20.3. The van der Waals surface area contributed by atoms with Gasteiger partial charge in [0.05, 0.1) is 5.75 Å². The van der Waals surface area contributed by atoms with E-state index >= 15 is 0 Å². The summed E-state index contributed by atoms with van der Waals surface area (Å²) in [6, 6.07) is 1.72. The molecule has 0 aromatic carbocycles. The van der Waals surface area contributed by atoms with Crippen LogP contribution in [0.5, 0.6) is 0 Å². The molecule has 2 saturated heterocycles. The van der Waals surface area contributed by atoms with Gasteiger partial charge in [0.1, 0.15) is 11.0 Å². The van der Waals surface area contributed by atoms with Crippen LogP contribution in [0.25, 0.3) is 0 Å². The van der Waals surface area contributed by atoms with Crippen molar-refractivity contribution in [3.05, 3.63) is 11.2 Å². The minimum atomic E-state index is -0.277. The third-order valence-electron chi connectivity index (χ3n) is 5.85. The number of thioether (sulfide) groups is 1. The SMILES string of the molecule is CCN1CCN(C(=O)CSc2nc(Cl)cc(N3CCN(C(=O)NC(C)(C)C)C(C)C3)n2)CC1. The molecule has 3 rings (SSSR count). The first-order valence-corrected chi connectivity index (χ1v) is 12.9. The monoisotopic (exact) mass is 497 g/mol. The Balaban J connectivity index is 1.57. The zero-order chi connectivity index (χ0) is 24.2. The van der Waals surface area contributed by atoms with Gasteiger partial charge in [0.25, 0.3) is 0 Å². The normalized spacial score (nSPS) is 20.2. The van der Waals surface area contributed by atoms with E-state index in [0.717, 1.165) is 38.5 Å². The summed E-state index contributed by atoms with van der Waals surface area (Å²) in [7, 11) is 0. The van der Waals surface area contributed by atoms with Gasteiger partial charge >= 0.3 is 6.03 Å². The molecule has 0 saturated carbocycles. The van der Waals surface area contributed by atoms with Crippen molar-refractivity contribution < 1.29 is 9.59 Å². The number of halogens is 1. The molecule has 0 spiro atoms. The van der Waals surface area contributed by atoms with Crippen molar-refractivity contribution in [3.8, 4) is 0 Å². The van der Waals surface area contributed by atoms with Gasteiger partial charge in [0, 0.05) is 63.5 Å². The van der Waals surface area contributed by atoms with Crippen LogP contribution in [0.2, 0.25) is 5.15 Å². The number of hydrogen-bond acceptors (Lipinski definition) is 7. The van der Waals surface area contributed by atoms with Crippen LogP contribution >= 0.6 is 23.4 Å². The van der Waals surface area contributed by atoms with Gasteiger partial charge < -0.3 is 24.9 Å². The smallest absolute Gasteiger partial charge is 0.318 e. The number of aromatic nitrogens is 2. The standard InChI is InChI=1S/C22H36ClN7O2S/c1-6-27-7-9-28(10-8-27)19(31)15-33-20-24-17(23)13-18(25-20)29-11-12-30(16(2)14-29)21(32)26-22(3,4)5/h13,16H,6-12,14-15H2,1-5H3,(H,26,32). The van der Waals surface area contributed by atoms with Crippen molar-refractivity contribution in [2.45, 2.75) is 51.4 Å². The van der Waals surface area contributed by atoms with Crippen molar-refractivity contribution in [1.82, 2.24) is 30.0 Å². The van der Waals surface area contributed by atoms with Crippen LogP contribution < -0.4 is 10.2 Å². The lowest BCUT2D eigenvalue weighted by molar-refractivity contribution is -0.130. The summed E-state index contributed by atoms with van der Waals surface area (Å²) >= 11 is 7.61. The number of hydrogen-bond donors (Lipinski definition) is 1. The topological polar surface area (TPSA) is 84.9 Å². The fourth-order valence-electron chi connectivity index (χ4n) is 4.00. The van der Waals surface area contributed by atoms with Crippen molar-refractivity contribution in [2.24, 2.45) is 0 Å². The molecule has 3 heterocycles. The van der Waals surface area contributed by atoms with Crippen LogP contribution in [0.1, 0.15) is 34.6 Å². The highest BCUT2D eigenvalue weighted by Crippen LogP contribution is 2.24. The molecule has 1 aromatic heterocycles. The highest BCUT2D eigenvalue weighted by atomic mass is 35.5. The van der Waals surface area contributed by atoms with Crippen LogP contribution in [0, 0.1) is 0 Å². The molecule has 1 unspecified atom stereocenters. The average Bonchev–Trinajstić information content (AvgIpc) is 2.75. The first-order valence-electron chi connectivity index (χ1n) is 11.6. The summed E-state index contributed by atoms with van der Waals surface area (Å²) in [6.45, 7) is 16.4. The van der Waals surface area contributed by atoms with E-state index in [4.69, 9.17) is 11.6 Å². The number of likely N-dealkylation sites (N-methyl/N-ethyl adjacent to an activating group) is 1. The first kappa shape index (κ1) is 25.8. The van der Waals surface area contributed by atoms with Crippen molar-refractivity contribution in [1.29, 1.82) is 0 Å². The lowest BCUT2D eigenvalue weighted by atomic mass is 10.1. The van der Waals surface area contributed by atoms with Gasteiger partial charge in [-0.3, -0.25) is 4.79 Å². The maximum atomic E-state index is 12.6. The summed E-state index contributed by atoms with van der Waals surface area (Å²) in [5, 5.41) is 3.88. The Bertz CT molecular complexity index is 843. The predicted molar refractivity (Wildman–Crippen MR) is 133 cm³/mol. The summed E-state index contributed by atoms with van der Waals surface area (Å²) in [5.74, 6) is 1.13. The van der Waals surface area contributed by atoms with E-state index < -0.39 is 0 Å². The second-order valence-electron chi connectivity index (χ2n) is 9.60. The maximum Gasteiger partial charge on any atom is 0.318 e. The molecule has 2 aliphatic rings. The Morgan fingerprint density at radius 3 is 2.45 bits per heavy atom. The third kappa shape index (κ3) is 7.35. The number of urea groups is 1. The van der Waals surface area contributed by atoms with Gasteiger partial charge in [0.15, 0.2) is 5.16 Å². The molecule has 9 nitrogen and oxygen atoms in total. The largest absolute Gasteiger partial charge is 0.353 e. The van der Waals surface area contributed by atoms with Crippen LogP contribution in [0.4, 0.5) is 10.6 Å². The van der Waals surface area contributed by atoms with Crippen molar-refractivity contribution >= 4 is 41.1 Å². The van der Waals surface area contributed by atoms with Crippen LogP contribution in [-0.4, -0.2) is 106 Å². The third-order valence-corrected chi connectivity index (χ3v) is 6.88. The molecule has 2 fully saturated rings. The zero-order valence-corrected chi connectivity index (χ0v) is 21.9.